The molecule has 0 bridgehead atoms. The maximum atomic E-state index is 12.0. The predicted octanol–water partition coefficient (Wildman–Crippen LogP) is 2.37. The quantitative estimate of drug-likeness (QED) is 0.566. The molecule has 26 heavy (non-hydrogen) atoms. The van der Waals surface area contributed by atoms with E-state index in [-0.39, 0.29) is 29.1 Å². The van der Waals surface area contributed by atoms with Gasteiger partial charge in [0.05, 0.1) is 17.3 Å². The van der Waals surface area contributed by atoms with Gasteiger partial charge in [-0.1, -0.05) is 0 Å². The third kappa shape index (κ3) is 4.48. The molecule has 140 valence electrons. The van der Waals surface area contributed by atoms with Crippen molar-refractivity contribution in [3.05, 3.63) is 45.3 Å². The molecular formula is C18H20O6S2. The first-order chi connectivity index (χ1) is 12.2. The standard InChI is InChI=1S/C18H20O6S2/c1-11-5-15-13(7-17(19)24-16(15)6-12(11)2)8-23-18(20)9-25-14-3-4-26(21,22)10-14/h5-7,14H,3-4,8-10H2,1-2H3/t14-/m0/s1. The van der Waals surface area contributed by atoms with Crippen molar-refractivity contribution in [1.82, 2.24) is 0 Å². The summed E-state index contributed by atoms with van der Waals surface area (Å²) in [5.41, 5.74) is 2.64. The molecule has 1 fully saturated rings. The van der Waals surface area contributed by atoms with Crippen molar-refractivity contribution in [2.45, 2.75) is 32.1 Å². The van der Waals surface area contributed by atoms with Crippen molar-refractivity contribution in [2.24, 2.45) is 0 Å². The van der Waals surface area contributed by atoms with E-state index in [1.165, 1.54) is 17.8 Å². The third-order valence-electron chi connectivity index (χ3n) is 4.46. The largest absolute Gasteiger partial charge is 0.460 e. The zero-order chi connectivity index (χ0) is 18.9. The van der Waals surface area contributed by atoms with Crippen molar-refractivity contribution in [2.75, 3.05) is 17.3 Å². The van der Waals surface area contributed by atoms with Crippen LogP contribution in [-0.4, -0.2) is 36.9 Å². The van der Waals surface area contributed by atoms with Crippen LogP contribution in [0.5, 0.6) is 0 Å². The molecule has 1 aromatic heterocycles. The average molecular weight is 396 g/mol. The van der Waals surface area contributed by atoms with Crippen LogP contribution >= 0.6 is 11.8 Å². The minimum absolute atomic E-state index is 0.0209. The molecular weight excluding hydrogens is 376 g/mol. The van der Waals surface area contributed by atoms with Gasteiger partial charge in [0, 0.05) is 22.3 Å². The van der Waals surface area contributed by atoms with Gasteiger partial charge in [-0.25, -0.2) is 13.2 Å². The van der Waals surface area contributed by atoms with Crippen LogP contribution in [0.1, 0.15) is 23.1 Å². The van der Waals surface area contributed by atoms with Gasteiger partial charge in [-0.15, -0.1) is 11.8 Å². The number of hydrogen-bond donors (Lipinski definition) is 0. The minimum Gasteiger partial charge on any atom is -0.460 e. The molecule has 2 aromatic rings. The number of ether oxygens (including phenoxy) is 1. The number of esters is 1. The summed E-state index contributed by atoms with van der Waals surface area (Å²) in [5, 5.41) is 0.692. The van der Waals surface area contributed by atoms with E-state index in [1.54, 1.807) is 6.07 Å². The van der Waals surface area contributed by atoms with E-state index in [0.717, 1.165) is 16.5 Å². The number of rotatable bonds is 5. The van der Waals surface area contributed by atoms with Crippen LogP contribution in [-0.2, 0) is 26.0 Å². The Hall–Kier alpha value is -1.80. The highest BCUT2D eigenvalue weighted by molar-refractivity contribution is 8.02. The van der Waals surface area contributed by atoms with Gasteiger partial charge in [0.15, 0.2) is 9.84 Å². The van der Waals surface area contributed by atoms with Gasteiger partial charge in [-0.3, -0.25) is 4.79 Å². The van der Waals surface area contributed by atoms with Gasteiger partial charge in [-0.2, -0.15) is 0 Å². The van der Waals surface area contributed by atoms with Crippen LogP contribution in [0.15, 0.2) is 27.4 Å². The van der Waals surface area contributed by atoms with Crippen molar-refractivity contribution < 1.29 is 22.4 Å². The van der Waals surface area contributed by atoms with Gasteiger partial charge < -0.3 is 9.15 Å². The lowest BCUT2D eigenvalue weighted by molar-refractivity contribution is -0.141. The van der Waals surface area contributed by atoms with Crippen LogP contribution in [0.2, 0.25) is 0 Å². The summed E-state index contributed by atoms with van der Waals surface area (Å²) in [6.45, 7) is 3.87. The monoisotopic (exact) mass is 396 g/mol. The Morgan fingerprint density at radius 3 is 2.69 bits per heavy atom. The number of thioether (sulfide) groups is 1. The molecule has 1 aromatic carbocycles. The topological polar surface area (TPSA) is 90.7 Å². The first-order valence-electron chi connectivity index (χ1n) is 8.25. The highest BCUT2D eigenvalue weighted by Crippen LogP contribution is 2.25. The molecule has 0 aliphatic carbocycles. The first kappa shape index (κ1) is 19.0. The molecule has 8 heteroatoms. The Kier molecular flexibility index (Phi) is 5.43. The maximum Gasteiger partial charge on any atom is 0.336 e. The summed E-state index contributed by atoms with van der Waals surface area (Å²) >= 11 is 1.31. The zero-order valence-electron chi connectivity index (χ0n) is 14.6. The normalized spacial score (nSPS) is 18.9. The van der Waals surface area contributed by atoms with Gasteiger partial charge in [0.2, 0.25) is 0 Å². The summed E-state index contributed by atoms with van der Waals surface area (Å²) in [6.07, 6.45) is 0.573. The third-order valence-corrected chi connectivity index (χ3v) is 7.72. The van der Waals surface area contributed by atoms with Gasteiger partial charge in [0.25, 0.3) is 0 Å². The van der Waals surface area contributed by atoms with E-state index in [1.807, 2.05) is 19.9 Å². The Bertz CT molecular complexity index is 1010. The van der Waals surface area contributed by atoms with Gasteiger partial charge in [-0.05, 0) is 43.5 Å². The fourth-order valence-corrected chi connectivity index (χ4v) is 6.32. The van der Waals surface area contributed by atoms with E-state index in [0.29, 0.717) is 17.6 Å². The maximum absolute atomic E-state index is 12.0. The lowest BCUT2D eigenvalue weighted by Crippen LogP contribution is -2.13. The molecule has 3 rings (SSSR count). The minimum atomic E-state index is -2.95. The van der Waals surface area contributed by atoms with Crippen molar-refractivity contribution >= 4 is 38.5 Å². The Balaban J connectivity index is 1.65. The molecule has 6 nitrogen and oxygen atoms in total. The molecule has 0 spiro atoms. The smallest absolute Gasteiger partial charge is 0.336 e. The molecule has 1 aliphatic heterocycles. The molecule has 0 amide bonds. The summed E-state index contributed by atoms with van der Waals surface area (Å²) in [4.78, 5) is 23.7. The summed E-state index contributed by atoms with van der Waals surface area (Å²) in [6, 6.07) is 5.05. The van der Waals surface area contributed by atoms with Crippen LogP contribution < -0.4 is 5.63 Å². The molecule has 2 heterocycles. The van der Waals surface area contributed by atoms with Gasteiger partial charge >= 0.3 is 11.6 Å². The Morgan fingerprint density at radius 2 is 2.00 bits per heavy atom. The first-order valence-corrected chi connectivity index (χ1v) is 11.1. The second-order valence-corrected chi connectivity index (χ2v) is 10.0. The van der Waals surface area contributed by atoms with E-state index < -0.39 is 21.4 Å². The van der Waals surface area contributed by atoms with Crippen LogP contribution in [0, 0.1) is 13.8 Å². The molecule has 1 saturated heterocycles. The van der Waals surface area contributed by atoms with Crippen LogP contribution in [0.3, 0.4) is 0 Å². The van der Waals surface area contributed by atoms with Crippen LogP contribution in [0.25, 0.3) is 11.0 Å². The van der Waals surface area contributed by atoms with Crippen molar-refractivity contribution in [1.29, 1.82) is 0 Å². The number of sulfone groups is 1. The number of carbonyl (C=O) groups is 1. The number of fused-ring (bicyclic) bond motifs is 1. The predicted molar refractivity (Wildman–Crippen MR) is 101 cm³/mol. The summed E-state index contributed by atoms with van der Waals surface area (Å²) in [7, 11) is -2.95. The van der Waals surface area contributed by atoms with Gasteiger partial charge in [0.1, 0.15) is 12.2 Å². The molecule has 0 unspecified atom stereocenters. The Morgan fingerprint density at radius 1 is 1.27 bits per heavy atom. The second-order valence-electron chi connectivity index (χ2n) is 6.52. The lowest BCUT2D eigenvalue weighted by atomic mass is 10.0. The molecule has 0 N–H and O–H groups in total. The van der Waals surface area contributed by atoms with E-state index in [2.05, 4.69) is 0 Å². The van der Waals surface area contributed by atoms with E-state index >= 15 is 0 Å². The fourth-order valence-electron chi connectivity index (χ4n) is 2.88. The van der Waals surface area contributed by atoms with E-state index in [4.69, 9.17) is 9.15 Å². The number of aryl methyl sites for hydroxylation is 2. The summed E-state index contributed by atoms with van der Waals surface area (Å²) < 4.78 is 33.4. The fraction of sp³-hybridized carbons (Fsp3) is 0.444. The summed E-state index contributed by atoms with van der Waals surface area (Å²) in [5.74, 6) is -0.0277. The molecule has 1 aliphatic rings. The van der Waals surface area contributed by atoms with E-state index in [9.17, 15) is 18.0 Å². The second kappa shape index (κ2) is 7.44. The van der Waals surface area contributed by atoms with Crippen molar-refractivity contribution in [3.8, 4) is 0 Å². The highest BCUT2D eigenvalue weighted by Gasteiger charge is 2.28. The molecule has 0 saturated carbocycles. The van der Waals surface area contributed by atoms with Crippen molar-refractivity contribution in [3.63, 3.8) is 0 Å². The number of benzene rings is 1. The molecule has 0 radical (unpaired) electrons. The average Bonchev–Trinajstić information content (AvgIpc) is 2.91. The lowest BCUT2D eigenvalue weighted by Gasteiger charge is -2.10. The SMILES string of the molecule is Cc1cc2oc(=O)cc(COC(=O)CS[C@H]3CCS(=O)(=O)C3)c2cc1C. The Labute approximate surface area is 155 Å². The number of carbonyl (C=O) groups excluding carboxylic acids is 1. The molecule has 1 atom stereocenters. The van der Waals surface area contributed by atoms with Crippen LogP contribution in [0.4, 0.5) is 0 Å². The number of hydrogen-bond acceptors (Lipinski definition) is 7. The highest BCUT2D eigenvalue weighted by atomic mass is 32.2. The zero-order valence-corrected chi connectivity index (χ0v) is 16.2.